The van der Waals surface area contributed by atoms with E-state index in [1.165, 1.54) is 0 Å². The number of amides is 1. The van der Waals surface area contributed by atoms with Crippen molar-refractivity contribution in [2.75, 3.05) is 38.2 Å². The maximum atomic E-state index is 12.9. The zero-order valence-corrected chi connectivity index (χ0v) is 18.3. The summed E-state index contributed by atoms with van der Waals surface area (Å²) in [6.07, 6.45) is 2.82. The number of aromatic nitrogens is 2. The van der Waals surface area contributed by atoms with Crippen LogP contribution in [0, 0.1) is 0 Å². The van der Waals surface area contributed by atoms with E-state index in [-0.39, 0.29) is 12.5 Å². The summed E-state index contributed by atoms with van der Waals surface area (Å²) in [4.78, 5) is 15.2. The number of rotatable bonds is 9. The molecule has 1 atom stereocenters. The Kier molecular flexibility index (Phi) is 6.91. The van der Waals surface area contributed by atoms with Crippen molar-refractivity contribution in [2.45, 2.75) is 20.0 Å². The van der Waals surface area contributed by atoms with Crippen LogP contribution in [0.1, 0.15) is 13.8 Å². The molecule has 1 amide bonds. The van der Waals surface area contributed by atoms with E-state index in [2.05, 4.69) is 34.3 Å². The second kappa shape index (κ2) is 10.2. The van der Waals surface area contributed by atoms with Crippen molar-refractivity contribution >= 4 is 11.6 Å². The molecule has 32 heavy (non-hydrogen) atoms. The number of hydrogen-bond donors (Lipinski definition) is 2. The summed E-state index contributed by atoms with van der Waals surface area (Å²) < 4.78 is 17.6. The number of aromatic amines is 1. The van der Waals surface area contributed by atoms with Gasteiger partial charge < -0.3 is 24.4 Å². The van der Waals surface area contributed by atoms with Gasteiger partial charge in [0.2, 0.25) is 6.10 Å². The Balaban J connectivity index is 1.49. The highest BCUT2D eigenvalue weighted by molar-refractivity contribution is 5.96. The number of para-hydroxylation sites is 2. The third-order valence-corrected chi connectivity index (χ3v) is 5.43. The zero-order valence-electron chi connectivity index (χ0n) is 18.3. The molecule has 0 bridgehead atoms. The number of nitrogens with one attached hydrogen (secondary N) is 2. The van der Waals surface area contributed by atoms with E-state index in [4.69, 9.17) is 14.2 Å². The van der Waals surface area contributed by atoms with Gasteiger partial charge >= 0.3 is 0 Å². The fourth-order valence-electron chi connectivity index (χ4n) is 3.52. The van der Waals surface area contributed by atoms with E-state index in [0.717, 1.165) is 30.8 Å². The SMILES string of the molecule is CCN(CC)CCOc1cc(-c2cn[nH]c2)ccc1NC(=O)C1COc2ccccc2O1. The molecule has 0 spiro atoms. The lowest BCUT2D eigenvalue weighted by Gasteiger charge is -2.26. The van der Waals surface area contributed by atoms with Crippen LogP contribution in [0.3, 0.4) is 0 Å². The Morgan fingerprint density at radius 3 is 2.75 bits per heavy atom. The van der Waals surface area contributed by atoms with Crippen molar-refractivity contribution in [3.8, 4) is 28.4 Å². The molecule has 1 unspecified atom stereocenters. The van der Waals surface area contributed by atoms with E-state index < -0.39 is 6.10 Å². The monoisotopic (exact) mass is 436 g/mol. The summed E-state index contributed by atoms with van der Waals surface area (Å²) in [5.74, 6) is 1.51. The van der Waals surface area contributed by atoms with Crippen LogP contribution < -0.4 is 19.5 Å². The minimum atomic E-state index is -0.748. The molecule has 4 rings (SSSR count). The van der Waals surface area contributed by atoms with E-state index in [1.54, 1.807) is 12.3 Å². The number of ether oxygens (including phenoxy) is 3. The van der Waals surface area contributed by atoms with Gasteiger partial charge in [-0.05, 0) is 42.9 Å². The van der Waals surface area contributed by atoms with Crippen LogP contribution >= 0.6 is 0 Å². The second-order valence-corrected chi connectivity index (χ2v) is 7.43. The smallest absolute Gasteiger partial charge is 0.269 e. The molecule has 0 radical (unpaired) electrons. The molecule has 2 heterocycles. The molecule has 168 valence electrons. The summed E-state index contributed by atoms with van der Waals surface area (Å²) in [7, 11) is 0. The Morgan fingerprint density at radius 2 is 2.00 bits per heavy atom. The Hall–Kier alpha value is -3.52. The topological polar surface area (TPSA) is 88.7 Å². The van der Waals surface area contributed by atoms with Gasteiger partial charge in [0.25, 0.3) is 5.91 Å². The summed E-state index contributed by atoms with van der Waals surface area (Å²) in [6, 6.07) is 13.0. The Labute approximate surface area is 187 Å². The molecule has 8 nitrogen and oxygen atoms in total. The number of hydrogen-bond acceptors (Lipinski definition) is 6. The van der Waals surface area contributed by atoms with Crippen molar-refractivity contribution in [3.05, 3.63) is 54.9 Å². The summed E-state index contributed by atoms with van der Waals surface area (Å²) in [6.45, 7) is 7.62. The van der Waals surface area contributed by atoms with Gasteiger partial charge in [-0.2, -0.15) is 5.10 Å². The molecule has 1 aromatic heterocycles. The van der Waals surface area contributed by atoms with Crippen molar-refractivity contribution in [3.63, 3.8) is 0 Å². The first-order chi connectivity index (χ1) is 15.7. The van der Waals surface area contributed by atoms with Crippen LogP contribution in [-0.4, -0.2) is 60.0 Å². The lowest BCUT2D eigenvalue weighted by molar-refractivity contribution is -0.125. The number of nitrogens with zero attached hydrogens (tertiary/aromatic N) is 2. The quantitative estimate of drug-likeness (QED) is 0.533. The van der Waals surface area contributed by atoms with Gasteiger partial charge in [0.15, 0.2) is 11.5 Å². The highest BCUT2D eigenvalue weighted by Gasteiger charge is 2.28. The van der Waals surface area contributed by atoms with Crippen LogP contribution in [0.2, 0.25) is 0 Å². The molecule has 8 heteroatoms. The summed E-state index contributed by atoms with van der Waals surface area (Å²) in [5.41, 5.74) is 2.47. The number of benzene rings is 2. The summed E-state index contributed by atoms with van der Waals surface area (Å²) in [5, 5.41) is 9.78. The first-order valence-corrected chi connectivity index (χ1v) is 10.9. The fourth-order valence-corrected chi connectivity index (χ4v) is 3.52. The largest absolute Gasteiger partial charge is 0.490 e. The lowest BCUT2D eigenvalue weighted by Crippen LogP contribution is -2.40. The minimum Gasteiger partial charge on any atom is -0.490 e. The molecule has 0 saturated heterocycles. The molecule has 1 aliphatic heterocycles. The number of carbonyl (C=O) groups is 1. The predicted octanol–water partition coefficient (Wildman–Crippen LogP) is 3.58. The Morgan fingerprint density at radius 1 is 1.19 bits per heavy atom. The van der Waals surface area contributed by atoms with Gasteiger partial charge in [0.1, 0.15) is 19.0 Å². The highest BCUT2D eigenvalue weighted by atomic mass is 16.6. The number of H-pyrrole nitrogens is 1. The number of fused-ring (bicyclic) bond motifs is 1. The van der Waals surface area contributed by atoms with Crippen LogP contribution in [0.15, 0.2) is 54.9 Å². The molecule has 2 aromatic carbocycles. The Bertz CT molecular complexity index is 1030. The van der Waals surface area contributed by atoms with Crippen molar-refractivity contribution in [1.29, 1.82) is 0 Å². The maximum absolute atomic E-state index is 12.9. The molecule has 0 saturated carbocycles. The molecular formula is C24H28N4O4. The maximum Gasteiger partial charge on any atom is 0.269 e. The third-order valence-electron chi connectivity index (χ3n) is 5.43. The predicted molar refractivity (Wildman–Crippen MR) is 122 cm³/mol. The van der Waals surface area contributed by atoms with E-state index >= 15 is 0 Å². The minimum absolute atomic E-state index is 0.147. The average Bonchev–Trinajstić information content (AvgIpc) is 3.37. The first kappa shape index (κ1) is 21.7. The molecule has 2 N–H and O–H groups in total. The summed E-state index contributed by atoms with van der Waals surface area (Å²) >= 11 is 0. The van der Waals surface area contributed by atoms with Gasteiger partial charge in [0.05, 0.1) is 11.9 Å². The molecular weight excluding hydrogens is 408 g/mol. The molecule has 0 fully saturated rings. The van der Waals surface area contributed by atoms with Crippen LogP contribution in [0.5, 0.6) is 17.2 Å². The molecule has 0 aliphatic carbocycles. The van der Waals surface area contributed by atoms with Crippen molar-refractivity contribution in [2.24, 2.45) is 0 Å². The van der Waals surface area contributed by atoms with Crippen molar-refractivity contribution in [1.82, 2.24) is 15.1 Å². The van der Waals surface area contributed by atoms with E-state index in [9.17, 15) is 4.79 Å². The number of carbonyl (C=O) groups excluding carboxylic acids is 1. The number of likely N-dealkylation sites (N-methyl/N-ethyl adjacent to an activating group) is 1. The standard InChI is InChI=1S/C24H28N4O4/c1-3-28(4-2)11-12-30-22-13-17(18-14-25-26-15-18)9-10-19(22)27-24(29)23-16-31-20-7-5-6-8-21(20)32-23/h5-10,13-15,23H,3-4,11-12,16H2,1-2H3,(H,25,26)(H,27,29). The normalized spacial score (nSPS) is 14.9. The van der Waals surface area contributed by atoms with Crippen molar-refractivity contribution < 1.29 is 19.0 Å². The second-order valence-electron chi connectivity index (χ2n) is 7.43. The third kappa shape index (κ3) is 5.03. The van der Waals surface area contributed by atoms with Gasteiger partial charge in [-0.1, -0.05) is 32.0 Å². The molecule has 3 aromatic rings. The van der Waals surface area contributed by atoms with Gasteiger partial charge in [-0.15, -0.1) is 0 Å². The average molecular weight is 437 g/mol. The van der Waals surface area contributed by atoms with Gasteiger partial charge in [-0.25, -0.2) is 0 Å². The van der Waals surface area contributed by atoms with Gasteiger partial charge in [-0.3, -0.25) is 9.89 Å². The molecule has 1 aliphatic rings. The first-order valence-electron chi connectivity index (χ1n) is 10.9. The van der Waals surface area contributed by atoms with Crippen LogP contribution in [-0.2, 0) is 4.79 Å². The number of anilines is 1. The fraction of sp³-hybridized carbons (Fsp3) is 0.333. The van der Waals surface area contributed by atoms with Crippen LogP contribution in [0.25, 0.3) is 11.1 Å². The van der Waals surface area contributed by atoms with E-state index in [0.29, 0.717) is 29.5 Å². The van der Waals surface area contributed by atoms with E-state index in [1.807, 2.05) is 42.6 Å². The lowest BCUT2D eigenvalue weighted by atomic mass is 10.1. The zero-order chi connectivity index (χ0) is 22.3. The van der Waals surface area contributed by atoms with Crippen LogP contribution in [0.4, 0.5) is 5.69 Å². The highest BCUT2D eigenvalue weighted by Crippen LogP contribution is 2.33. The van der Waals surface area contributed by atoms with Gasteiger partial charge in [0, 0.05) is 18.3 Å².